The number of hydrogen-bond donors (Lipinski definition) is 1. The highest BCUT2D eigenvalue weighted by Crippen LogP contribution is 2.20. The van der Waals surface area contributed by atoms with Crippen molar-refractivity contribution in [3.63, 3.8) is 0 Å². The maximum Gasteiger partial charge on any atom is 0.258 e. The van der Waals surface area contributed by atoms with E-state index in [1.54, 1.807) is 18.2 Å². The molecule has 0 aliphatic heterocycles. The Morgan fingerprint density at radius 1 is 1.00 bits per heavy atom. The molecular weight excluding hydrogens is 300 g/mol. The summed E-state index contributed by atoms with van der Waals surface area (Å²) in [5.74, 6) is 0.459. The summed E-state index contributed by atoms with van der Waals surface area (Å²) in [4.78, 5) is 11.9. The van der Waals surface area contributed by atoms with Crippen LogP contribution in [-0.2, 0) is 11.3 Å². The van der Waals surface area contributed by atoms with Gasteiger partial charge in [-0.2, -0.15) is 5.26 Å². The molecule has 1 amide bonds. The minimum atomic E-state index is -0.203. The first-order chi connectivity index (χ1) is 11.7. The molecule has 0 bridgehead atoms. The molecule has 4 heteroatoms. The lowest BCUT2D eigenvalue weighted by molar-refractivity contribution is -0.123. The van der Waals surface area contributed by atoms with E-state index in [-0.39, 0.29) is 12.5 Å². The lowest BCUT2D eigenvalue weighted by Crippen LogP contribution is -2.28. The highest BCUT2D eigenvalue weighted by atomic mass is 16.5. The molecule has 24 heavy (non-hydrogen) atoms. The summed E-state index contributed by atoms with van der Waals surface area (Å²) in [6.07, 6.45) is 0. The van der Waals surface area contributed by atoms with Crippen LogP contribution in [-0.4, -0.2) is 12.5 Å². The molecule has 0 radical (unpaired) electrons. The Morgan fingerprint density at radius 3 is 2.67 bits per heavy atom. The molecule has 0 aromatic heterocycles. The van der Waals surface area contributed by atoms with Gasteiger partial charge in [0.15, 0.2) is 6.61 Å². The third kappa shape index (κ3) is 3.90. The molecule has 1 N–H and O–H groups in total. The number of carbonyl (C=O) groups is 1. The fourth-order valence-electron chi connectivity index (χ4n) is 2.41. The Labute approximate surface area is 140 Å². The molecule has 3 rings (SSSR count). The monoisotopic (exact) mass is 316 g/mol. The number of rotatable bonds is 5. The molecule has 3 aromatic carbocycles. The quantitative estimate of drug-likeness (QED) is 0.784. The SMILES string of the molecule is N#Cc1cccc(CNC(=O)COc2ccc3ccccc3c2)c1. The van der Waals surface area contributed by atoms with E-state index in [0.29, 0.717) is 17.9 Å². The van der Waals surface area contributed by atoms with Crippen molar-refractivity contribution in [2.24, 2.45) is 0 Å². The minimum Gasteiger partial charge on any atom is -0.484 e. The Balaban J connectivity index is 1.54. The number of hydrogen-bond acceptors (Lipinski definition) is 3. The van der Waals surface area contributed by atoms with Gasteiger partial charge < -0.3 is 10.1 Å². The lowest BCUT2D eigenvalue weighted by atomic mass is 10.1. The van der Waals surface area contributed by atoms with E-state index < -0.39 is 0 Å². The highest BCUT2D eigenvalue weighted by molar-refractivity contribution is 5.84. The summed E-state index contributed by atoms with van der Waals surface area (Å²) in [7, 11) is 0. The molecule has 3 aromatic rings. The fourth-order valence-corrected chi connectivity index (χ4v) is 2.41. The molecule has 0 saturated carbocycles. The van der Waals surface area contributed by atoms with Gasteiger partial charge in [-0.3, -0.25) is 4.79 Å². The van der Waals surface area contributed by atoms with Crippen LogP contribution in [0.15, 0.2) is 66.7 Å². The predicted octanol–water partition coefficient (Wildman–Crippen LogP) is 3.41. The van der Waals surface area contributed by atoms with Crippen LogP contribution in [0.1, 0.15) is 11.1 Å². The summed E-state index contributed by atoms with van der Waals surface area (Å²) in [6, 6.07) is 22.9. The largest absolute Gasteiger partial charge is 0.484 e. The summed E-state index contributed by atoms with van der Waals surface area (Å²) >= 11 is 0. The molecule has 0 heterocycles. The Kier molecular flexibility index (Phi) is 4.73. The van der Waals surface area contributed by atoms with Crippen molar-refractivity contribution in [3.8, 4) is 11.8 Å². The van der Waals surface area contributed by atoms with E-state index in [1.807, 2.05) is 48.5 Å². The van der Waals surface area contributed by atoms with Crippen molar-refractivity contribution in [1.82, 2.24) is 5.32 Å². The first-order valence-corrected chi connectivity index (χ1v) is 7.62. The topological polar surface area (TPSA) is 62.1 Å². The average Bonchev–Trinajstić information content (AvgIpc) is 2.64. The minimum absolute atomic E-state index is 0.0454. The van der Waals surface area contributed by atoms with Crippen molar-refractivity contribution >= 4 is 16.7 Å². The summed E-state index contributed by atoms with van der Waals surface area (Å²) in [5.41, 5.74) is 1.46. The van der Waals surface area contributed by atoms with Gasteiger partial charge in [0, 0.05) is 6.54 Å². The number of nitrogens with one attached hydrogen (secondary N) is 1. The first-order valence-electron chi connectivity index (χ1n) is 7.62. The van der Waals surface area contributed by atoms with Crippen molar-refractivity contribution in [2.45, 2.75) is 6.54 Å². The van der Waals surface area contributed by atoms with Crippen LogP contribution in [0.2, 0.25) is 0 Å². The number of nitrogens with zero attached hydrogens (tertiary/aromatic N) is 1. The van der Waals surface area contributed by atoms with Gasteiger partial charge in [-0.1, -0.05) is 42.5 Å². The van der Waals surface area contributed by atoms with Gasteiger partial charge in [0.2, 0.25) is 0 Å². The number of nitriles is 1. The average molecular weight is 316 g/mol. The second kappa shape index (κ2) is 7.30. The summed E-state index contributed by atoms with van der Waals surface area (Å²) < 4.78 is 5.54. The predicted molar refractivity (Wildman–Crippen MR) is 92.4 cm³/mol. The second-order valence-electron chi connectivity index (χ2n) is 5.39. The zero-order valence-corrected chi connectivity index (χ0v) is 13.0. The maximum atomic E-state index is 11.9. The molecule has 0 aliphatic rings. The number of amides is 1. The third-order valence-corrected chi connectivity index (χ3v) is 3.64. The van der Waals surface area contributed by atoms with E-state index in [4.69, 9.17) is 10.00 Å². The molecular formula is C20H16N2O2. The molecule has 0 spiro atoms. The van der Waals surface area contributed by atoms with Gasteiger partial charge in [0.1, 0.15) is 5.75 Å². The lowest BCUT2D eigenvalue weighted by Gasteiger charge is -2.08. The van der Waals surface area contributed by atoms with Crippen LogP contribution in [0.25, 0.3) is 10.8 Å². The number of carbonyl (C=O) groups excluding carboxylic acids is 1. The zero-order valence-electron chi connectivity index (χ0n) is 13.0. The third-order valence-electron chi connectivity index (χ3n) is 3.64. The van der Waals surface area contributed by atoms with Crippen LogP contribution in [0, 0.1) is 11.3 Å². The van der Waals surface area contributed by atoms with Gasteiger partial charge in [0.25, 0.3) is 5.91 Å². The van der Waals surface area contributed by atoms with Gasteiger partial charge in [-0.05, 0) is 40.6 Å². The number of benzene rings is 3. The second-order valence-corrected chi connectivity index (χ2v) is 5.39. The summed E-state index contributed by atoms with van der Waals surface area (Å²) in [5, 5.41) is 13.9. The molecule has 0 atom stereocenters. The normalized spacial score (nSPS) is 10.1. The van der Waals surface area contributed by atoms with Gasteiger partial charge in [-0.15, -0.1) is 0 Å². The van der Waals surface area contributed by atoms with Crippen LogP contribution >= 0.6 is 0 Å². The Hall–Kier alpha value is -3.32. The number of ether oxygens (including phenoxy) is 1. The Bertz CT molecular complexity index is 913. The van der Waals surface area contributed by atoms with Crippen molar-refractivity contribution in [1.29, 1.82) is 5.26 Å². The van der Waals surface area contributed by atoms with Gasteiger partial charge in [0.05, 0.1) is 11.6 Å². The standard InChI is InChI=1S/C20H16N2O2/c21-12-15-4-3-5-16(10-15)13-22-20(23)14-24-19-9-8-17-6-1-2-7-18(17)11-19/h1-11H,13-14H2,(H,22,23). The van der Waals surface area contributed by atoms with E-state index in [9.17, 15) is 4.79 Å². The molecule has 4 nitrogen and oxygen atoms in total. The van der Waals surface area contributed by atoms with Crippen LogP contribution in [0.5, 0.6) is 5.75 Å². The van der Waals surface area contributed by atoms with Crippen LogP contribution < -0.4 is 10.1 Å². The van der Waals surface area contributed by atoms with E-state index in [0.717, 1.165) is 16.3 Å². The van der Waals surface area contributed by atoms with Crippen LogP contribution in [0.4, 0.5) is 0 Å². The molecule has 0 unspecified atom stereocenters. The Morgan fingerprint density at radius 2 is 1.83 bits per heavy atom. The van der Waals surface area contributed by atoms with Crippen molar-refractivity contribution in [2.75, 3.05) is 6.61 Å². The van der Waals surface area contributed by atoms with Crippen LogP contribution in [0.3, 0.4) is 0 Å². The van der Waals surface area contributed by atoms with Crippen molar-refractivity contribution in [3.05, 3.63) is 77.9 Å². The highest BCUT2D eigenvalue weighted by Gasteiger charge is 2.04. The van der Waals surface area contributed by atoms with E-state index in [1.165, 1.54) is 0 Å². The van der Waals surface area contributed by atoms with E-state index >= 15 is 0 Å². The molecule has 0 fully saturated rings. The van der Waals surface area contributed by atoms with Gasteiger partial charge in [-0.25, -0.2) is 0 Å². The smallest absolute Gasteiger partial charge is 0.258 e. The fraction of sp³-hybridized carbons (Fsp3) is 0.100. The maximum absolute atomic E-state index is 11.9. The molecule has 118 valence electrons. The zero-order chi connectivity index (χ0) is 16.8. The van der Waals surface area contributed by atoms with Crippen molar-refractivity contribution < 1.29 is 9.53 Å². The summed E-state index contributed by atoms with van der Waals surface area (Å²) in [6.45, 7) is 0.325. The number of fused-ring (bicyclic) bond motifs is 1. The first kappa shape index (κ1) is 15.6. The van der Waals surface area contributed by atoms with E-state index in [2.05, 4.69) is 11.4 Å². The van der Waals surface area contributed by atoms with Gasteiger partial charge >= 0.3 is 0 Å². The molecule has 0 aliphatic carbocycles. The molecule has 0 saturated heterocycles.